The van der Waals surface area contributed by atoms with Gasteiger partial charge in [0.05, 0.1) is 0 Å². The van der Waals surface area contributed by atoms with Crippen molar-refractivity contribution in [2.45, 2.75) is 32.1 Å². The topological polar surface area (TPSA) is 29.1 Å². The van der Waals surface area contributed by atoms with Crippen LogP contribution in [-0.4, -0.2) is 5.91 Å². The van der Waals surface area contributed by atoms with Crippen LogP contribution in [0.3, 0.4) is 0 Å². The molecule has 0 aromatic heterocycles. The number of benzene rings is 2. The Balaban J connectivity index is 1.60. The summed E-state index contributed by atoms with van der Waals surface area (Å²) >= 11 is 0. The van der Waals surface area contributed by atoms with Crippen molar-refractivity contribution in [3.8, 4) is 0 Å². The van der Waals surface area contributed by atoms with Crippen LogP contribution in [0.4, 0.5) is 5.69 Å². The van der Waals surface area contributed by atoms with E-state index >= 15 is 0 Å². The van der Waals surface area contributed by atoms with Crippen molar-refractivity contribution in [3.63, 3.8) is 0 Å². The number of anilines is 1. The number of nitrogens with one attached hydrogen (secondary N) is 1. The van der Waals surface area contributed by atoms with E-state index in [0.717, 1.165) is 12.1 Å². The van der Waals surface area contributed by atoms with E-state index in [-0.39, 0.29) is 11.8 Å². The molecule has 21 heavy (non-hydrogen) atoms. The Bertz CT molecular complexity index is 616. The van der Waals surface area contributed by atoms with Gasteiger partial charge < -0.3 is 5.32 Å². The number of hydrogen-bond donors (Lipinski definition) is 1. The highest BCUT2D eigenvalue weighted by Gasteiger charge is 2.43. The van der Waals surface area contributed by atoms with Gasteiger partial charge in [-0.25, -0.2) is 0 Å². The summed E-state index contributed by atoms with van der Waals surface area (Å²) in [5.41, 5.74) is 3.46. The lowest BCUT2D eigenvalue weighted by atomic mass is 10.0. The van der Waals surface area contributed by atoms with Crippen LogP contribution in [0.15, 0.2) is 54.6 Å². The molecular weight excluding hydrogens is 258 g/mol. The first-order valence-corrected chi connectivity index (χ1v) is 7.61. The van der Waals surface area contributed by atoms with Gasteiger partial charge in [-0.1, -0.05) is 56.3 Å². The van der Waals surface area contributed by atoms with Crippen LogP contribution in [0, 0.1) is 5.92 Å². The van der Waals surface area contributed by atoms with Gasteiger partial charge in [0.15, 0.2) is 0 Å². The van der Waals surface area contributed by atoms with Crippen LogP contribution in [0.5, 0.6) is 0 Å². The maximum Gasteiger partial charge on any atom is 0.228 e. The van der Waals surface area contributed by atoms with Crippen LogP contribution < -0.4 is 5.32 Å². The highest BCUT2D eigenvalue weighted by atomic mass is 16.2. The van der Waals surface area contributed by atoms with Crippen LogP contribution >= 0.6 is 0 Å². The number of rotatable bonds is 4. The largest absolute Gasteiger partial charge is 0.326 e. The number of hydrogen-bond acceptors (Lipinski definition) is 1. The zero-order valence-corrected chi connectivity index (χ0v) is 12.5. The van der Waals surface area contributed by atoms with E-state index in [2.05, 4.69) is 43.4 Å². The quantitative estimate of drug-likeness (QED) is 0.874. The van der Waals surface area contributed by atoms with E-state index in [1.807, 2.05) is 30.3 Å². The predicted octanol–water partition coefficient (Wildman–Crippen LogP) is 4.55. The van der Waals surface area contributed by atoms with E-state index in [1.165, 1.54) is 11.1 Å². The fourth-order valence-electron chi connectivity index (χ4n) is 2.74. The van der Waals surface area contributed by atoms with Gasteiger partial charge >= 0.3 is 0 Å². The fraction of sp³-hybridized carbons (Fsp3) is 0.316. The van der Waals surface area contributed by atoms with Crippen LogP contribution in [0.25, 0.3) is 0 Å². The lowest BCUT2D eigenvalue weighted by molar-refractivity contribution is -0.117. The smallest absolute Gasteiger partial charge is 0.228 e. The number of carbonyl (C=O) groups excluding carboxylic acids is 1. The molecule has 0 aliphatic heterocycles. The average molecular weight is 279 g/mol. The second kappa shape index (κ2) is 5.72. The van der Waals surface area contributed by atoms with E-state index in [1.54, 1.807) is 0 Å². The van der Waals surface area contributed by atoms with E-state index in [9.17, 15) is 4.79 Å². The summed E-state index contributed by atoms with van der Waals surface area (Å²) < 4.78 is 0. The minimum atomic E-state index is 0.122. The molecule has 0 bridgehead atoms. The second-order valence-corrected chi connectivity index (χ2v) is 6.13. The molecule has 2 aromatic carbocycles. The number of carbonyl (C=O) groups is 1. The highest BCUT2D eigenvalue weighted by molar-refractivity contribution is 5.95. The summed E-state index contributed by atoms with van der Waals surface area (Å²) in [4.78, 5) is 12.3. The summed E-state index contributed by atoms with van der Waals surface area (Å²) in [6, 6.07) is 18.5. The molecule has 2 aromatic rings. The fourth-order valence-corrected chi connectivity index (χ4v) is 2.74. The minimum absolute atomic E-state index is 0.122. The van der Waals surface area contributed by atoms with Gasteiger partial charge in [0.25, 0.3) is 0 Å². The van der Waals surface area contributed by atoms with Crippen molar-refractivity contribution in [1.29, 1.82) is 0 Å². The Hall–Kier alpha value is -2.09. The van der Waals surface area contributed by atoms with Crippen molar-refractivity contribution >= 4 is 11.6 Å². The molecule has 2 atom stereocenters. The molecule has 1 aliphatic rings. The first-order chi connectivity index (χ1) is 10.1. The van der Waals surface area contributed by atoms with E-state index in [4.69, 9.17) is 0 Å². The van der Waals surface area contributed by atoms with Gasteiger partial charge in [-0.3, -0.25) is 4.79 Å². The zero-order chi connectivity index (χ0) is 14.8. The van der Waals surface area contributed by atoms with Gasteiger partial charge in [0.2, 0.25) is 5.91 Å². The molecule has 0 radical (unpaired) electrons. The average Bonchev–Trinajstić information content (AvgIpc) is 3.29. The monoisotopic (exact) mass is 279 g/mol. The van der Waals surface area contributed by atoms with E-state index < -0.39 is 0 Å². The zero-order valence-electron chi connectivity index (χ0n) is 12.5. The molecule has 1 fully saturated rings. The van der Waals surface area contributed by atoms with Gasteiger partial charge in [0.1, 0.15) is 0 Å². The summed E-state index contributed by atoms with van der Waals surface area (Å²) in [6.45, 7) is 4.34. The third-order valence-electron chi connectivity index (χ3n) is 4.20. The molecule has 2 heteroatoms. The first kappa shape index (κ1) is 13.9. The molecule has 1 saturated carbocycles. The van der Waals surface area contributed by atoms with Crippen molar-refractivity contribution < 1.29 is 4.79 Å². The summed E-state index contributed by atoms with van der Waals surface area (Å²) in [5, 5.41) is 3.03. The highest BCUT2D eigenvalue weighted by Crippen LogP contribution is 2.47. The Kier molecular flexibility index (Phi) is 3.78. The summed E-state index contributed by atoms with van der Waals surface area (Å²) in [6.07, 6.45) is 0.958. The standard InChI is InChI=1S/C19H21NO/c1-13(2)14-8-10-16(11-9-14)20-19(21)18-12-17(18)15-6-4-3-5-7-15/h3-11,13,17-18H,12H2,1-2H3,(H,20,21)/t17-,18-/m1/s1. The summed E-state index contributed by atoms with van der Waals surface area (Å²) in [5.74, 6) is 1.17. The van der Waals surface area contributed by atoms with Crippen molar-refractivity contribution in [2.75, 3.05) is 5.32 Å². The predicted molar refractivity (Wildman–Crippen MR) is 86.5 cm³/mol. The third-order valence-corrected chi connectivity index (χ3v) is 4.20. The van der Waals surface area contributed by atoms with Crippen LogP contribution in [0.1, 0.15) is 43.2 Å². The first-order valence-electron chi connectivity index (χ1n) is 7.61. The van der Waals surface area contributed by atoms with Crippen molar-refractivity contribution in [2.24, 2.45) is 5.92 Å². The normalized spacial score (nSPS) is 20.3. The Labute approximate surface area is 126 Å². The molecule has 1 aliphatic carbocycles. The summed E-state index contributed by atoms with van der Waals surface area (Å²) in [7, 11) is 0. The third kappa shape index (κ3) is 3.15. The minimum Gasteiger partial charge on any atom is -0.326 e. The lowest BCUT2D eigenvalue weighted by Crippen LogP contribution is -2.14. The van der Waals surface area contributed by atoms with Gasteiger partial charge in [-0.15, -0.1) is 0 Å². The van der Waals surface area contributed by atoms with Gasteiger partial charge in [-0.05, 0) is 41.5 Å². The maximum absolute atomic E-state index is 12.3. The van der Waals surface area contributed by atoms with Gasteiger partial charge in [0, 0.05) is 11.6 Å². The van der Waals surface area contributed by atoms with Crippen LogP contribution in [0.2, 0.25) is 0 Å². The molecule has 3 rings (SSSR count). The molecule has 0 unspecified atom stereocenters. The molecular formula is C19H21NO. The molecule has 1 amide bonds. The van der Waals surface area contributed by atoms with Gasteiger partial charge in [-0.2, -0.15) is 0 Å². The van der Waals surface area contributed by atoms with E-state index in [0.29, 0.717) is 11.8 Å². The molecule has 0 saturated heterocycles. The molecule has 0 spiro atoms. The maximum atomic E-state index is 12.3. The molecule has 0 heterocycles. The lowest BCUT2D eigenvalue weighted by Gasteiger charge is -2.08. The Morgan fingerprint density at radius 1 is 1.05 bits per heavy atom. The SMILES string of the molecule is CC(C)c1ccc(NC(=O)[C@@H]2C[C@@H]2c2ccccc2)cc1. The Morgan fingerprint density at radius 3 is 2.33 bits per heavy atom. The second-order valence-electron chi connectivity index (χ2n) is 6.13. The van der Waals surface area contributed by atoms with Crippen molar-refractivity contribution in [1.82, 2.24) is 0 Å². The number of amides is 1. The van der Waals surface area contributed by atoms with Crippen LogP contribution in [-0.2, 0) is 4.79 Å². The molecule has 108 valence electrons. The molecule has 2 nitrogen and oxygen atoms in total. The Morgan fingerprint density at radius 2 is 1.71 bits per heavy atom. The van der Waals surface area contributed by atoms with Crippen molar-refractivity contribution in [3.05, 3.63) is 65.7 Å². The molecule has 1 N–H and O–H groups in total.